The van der Waals surface area contributed by atoms with Crippen molar-refractivity contribution in [3.05, 3.63) is 69.8 Å². The normalized spacial score (nSPS) is 11.6. The van der Waals surface area contributed by atoms with E-state index < -0.39 is 0 Å². The lowest BCUT2D eigenvalue weighted by Gasteiger charge is -2.17. The first-order chi connectivity index (χ1) is 13.6. The lowest BCUT2D eigenvalue weighted by molar-refractivity contribution is 0.298. The van der Waals surface area contributed by atoms with Gasteiger partial charge in [0, 0.05) is 39.3 Å². The van der Waals surface area contributed by atoms with E-state index in [4.69, 9.17) is 23.2 Å². The maximum atomic E-state index is 6.39. The zero-order chi connectivity index (χ0) is 19.9. The molecule has 0 aliphatic rings. The Labute approximate surface area is 178 Å². The minimum atomic E-state index is 0.668. The highest BCUT2D eigenvalue weighted by Crippen LogP contribution is 2.28. The van der Waals surface area contributed by atoms with E-state index in [1.807, 2.05) is 18.2 Å². The highest BCUT2D eigenvalue weighted by Gasteiger charge is 2.11. The summed E-state index contributed by atoms with van der Waals surface area (Å²) in [5.41, 5.74) is 3.48. The molecule has 3 aromatic rings. The molecule has 0 radical (unpaired) electrons. The van der Waals surface area contributed by atoms with Gasteiger partial charge in [-0.15, -0.1) is 0 Å². The van der Waals surface area contributed by atoms with Crippen molar-refractivity contribution in [3.8, 4) is 0 Å². The van der Waals surface area contributed by atoms with Gasteiger partial charge in [-0.2, -0.15) is 0 Å². The number of nitrogens with zero attached hydrogens (tertiary/aromatic N) is 2. The summed E-state index contributed by atoms with van der Waals surface area (Å²) in [5, 5.41) is 6.30. The molecule has 1 aromatic heterocycles. The van der Waals surface area contributed by atoms with Gasteiger partial charge in [0.25, 0.3) is 0 Å². The highest BCUT2D eigenvalue weighted by atomic mass is 35.5. The van der Waals surface area contributed by atoms with Gasteiger partial charge in [0.2, 0.25) is 0 Å². The van der Waals surface area contributed by atoms with Crippen LogP contribution in [0.2, 0.25) is 10.0 Å². The molecule has 3 rings (SSSR count). The van der Waals surface area contributed by atoms with Gasteiger partial charge in [0.15, 0.2) is 0 Å². The number of halogens is 2. The fourth-order valence-corrected chi connectivity index (χ4v) is 4.16. The molecule has 0 aliphatic heterocycles. The van der Waals surface area contributed by atoms with E-state index in [0.717, 1.165) is 44.7 Å². The van der Waals surface area contributed by atoms with Crippen LogP contribution in [0.15, 0.2) is 48.7 Å². The van der Waals surface area contributed by atoms with E-state index in [-0.39, 0.29) is 0 Å². The molecule has 1 heterocycles. The number of aromatic nitrogens is 1. The van der Waals surface area contributed by atoms with Crippen molar-refractivity contribution in [2.45, 2.75) is 33.4 Å². The van der Waals surface area contributed by atoms with Crippen LogP contribution in [0.25, 0.3) is 10.9 Å². The summed E-state index contributed by atoms with van der Waals surface area (Å²) in [6.07, 6.45) is 3.39. The van der Waals surface area contributed by atoms with E-state index in [1.54, 1.807) is 0 Å². The SMILES string of the molecule is CCN(CC)CCCNCc1cn(Cc2c(Cl)cccc2Cl)c2ccccc12. The summed E-state index contributed by atoms with van der Waals surface area (Å²) >= 11 is 12.8. The van der Waals surface area contributed by atoms with Crippen molar-refractivity contribution in [2.75, 3.05) is 26.2 Å². The molecule has 0 saturated heterocycles. The Kier molecular flexibility index (Phi) is 7.81. The predicted molar refractivity (Wildman–Crippen MR) is 122 cm³/mol. The Morgan fingerprint density at radius 2 is 1.68 bits per heavy atom. The molecule has 0 bridgehead atoms. The summed E-state index contributed by atoms with van der Waals surface area (Å²) in [4.78, 5) is 2.46. The number of hydrogen-bond acceptors (Lipinski definition) is 2. The largest absolute Gasteiger partial charge is 0.343 e. The molecule has 0 amide bonds. The monoisotopic (exact) mass is 417 g/mol. The van der Waals surface area contributed by atoms with Gasteiger partial charge in [-0.1, -0.05) is 61.3 Å². The van der Waals surface area contributed by atoms with Gasteiger partial charge >= 0.3 is 0 Å². The number of para-hydroxylation sites is 1. The highest BCUT2D eigenvalue weighted by molar-refractivity contribution is 6.36. The predicted octanol–water partition coefficient (Wildman–Crippen LogP) is 5.82. The van der Waals surface area contributed by atoms with Crippen LogP contribution in [-0.4, -0.2) is 35.6 Å². The molecule has 28 heavy (non-hydrogen) atoms. The van der Waals surface area contributed by atoms with Crippen LogP contribution in [0.1, 0.15) is 31.4 Å². The van der Waals surface area contributed by atoms with Crippen molar-refractivity contribution in [1.29, 1.82) is 0 Å². The van der Waals surface area contributed by atoms with E-state index in [9.17, 15) is 0 Å². The Balaban J connectivity index is 1.70. The quantitative estimate of drug-likeness (QED) is 0.419. The number of fused-ring (bicyclic) bond motifs is 1. The van der Waals surface area contributed by atoms with Crippen LogP contribution in [0.4, 0.5) is 0 Å². The number of hydrogen-bond donors (Lipinski definition) is 1. The van der Waals surface area contributed by atoms with Crippen molar-refractivity contribution in [3.63, 3.8) is 0 Å². The van der Waals surface area contributed by atoms with Gasteiger partial charge in [0.1, 0.15) is 0 Å². The zero-order valence-corrected chi connectivity index (χ0v) is 18.2. The number of rotatable bonds is 10. The molecular weight excluding hydrogens is 389 g/mol. The van der Waals surface area contributed by atoms with Gasteiger partial charge in [-0.3, -0.25) is 0 Å². The maximum absolute atomic E-state index is 6.39. The zero-order valence-electron chi connectivity index (χ0n) is 16.7. The van der Waals surface area contributed by atoms with Crippen molar-refractivity contribution in [2.24, 2.45) is 0 Å². The van der Waals surface area contributed by atoms with Crippen LogP contribution >= 0.6 is 23.2 Å². The van der Waals surface area contributed by atoms with E-state index in [0.29, 0.717) is 16.6 Å². The average molecular weight is 418 g/mol. The van der Waals surface area contributed by atoms with E-state index >= 15 is 0 Å². The molecule has 0 spiro atoms. The van der Waals surface area contributed by atoms with Crippen LogP contribution in [0.5, 0.6) is 0 Å². The van der Waals surface area contributed by atoms with Gasteiger partial charge in [0.05, 0.1) is 6.54 Å². The summed E-state index contributed by atoms with van der Waals surface area (Å²) in [6.45, 7) is 10.4. The summed E-state index contributed by atoms with van der Waals surface area (Å²) in [7, 11) is 0. The summed E-state index contributed by atoms with van der Waals surface area (Å²) in [6, 6.07) is 14.2. The van der Waals surface area contributed by atoms with Crippen molar-refractivity contribution in [1.82, 2.24) is 14.8 Å². The molecule has 5 heteroatoms. The summed E-state index contributed by atoms with van der Waals surface area (Å²) in [5.74, 6) is 0. The van der Waals surface area contributed by atoms with Crippen molar-refractivity contribution < 1.29 is 0 Å². The second-order valence-electron chi connectivity index (χ2n) is 7.06. The van der Waals surface area contributed by atoms with Crippen LogP contribution in [0.3, 0.4) is 0 Å². The first-order valence-electron chi connectivity index (χ1n) is 10.1. The van der Waals surface area contributed by atoms with E-state index in [1.165, 1.54) is 16.5 Å². The lowest BCUT2D eigenvalue weighted by Crippen LogP contribution is -2.27. The number of benzene rings is 2. The Hall–Kier alpha value is -1.52. The minimum absolute atomic E-state index is 0.668. The molecule has 1 N–H and O–H groups in total. The second-order valence-corrected chi connectivity index (χ2v) is 7.87. The first kappa shape index (κ1) is 21.2. The molecule has 0 fully saturated rings. The third kappa shape index (κ3) is 5.09. The third-order valence-corrected chi connectivity index (χ3v) is 6.01. The molecule has 0 saturated carbocycles. The van der Waals surface area contributed by atoms with Crippen molar-refractivity contribution >= 4 is 34.1 Å². The summed E-state index contributed by atoms with van der Waals surface area (Å²) < 4.78 is 2.25. The smallest absolute Gasteiger partial charge is 0.0505 e. The maximum Gasteiger partial charge on any atom is 0.0505 e. The van der Waals surface area contributed by atoms with Gasteiger partial charge in [-0.25, -0.2) is 0 Å². The minimum Gasteiger partial charge on any atom is -0.343 e. The molecule has 2 aromatic carbocycles. The molecule has 0 atom stereocenters. The van der Waals surface area contributed by atoms with Crippen LogP contribution < -0.4 is 5.32 Å². The molecule has 150 valence electrons. The molecule has 3 nitrogen and oxygen atoms in total. The second kappa shape index (κ2) is 10.3. The Bertz CT molecular complexity index is 880. The fraction of sp³-hybridized carbons (Fsp3) is 0.391. The lowest BCUT2D eigenvalue weighted by atomic mass is 10.2. The fourth-order valence-electron chi connectivity index (χ4n) is 3.64. The van der Waals surface area contributed by atoms with Gasteiger partial charge < -0.3 is 14.8 Å². The average Bonchev–Trinajstić information content (AvgIpc) is 3.05. The third-order valence-electron chi connectivity index (χ3n) is 5.30. The van der Waals surface area contributed by atoms with E-state index in [2.05, 4.69) is 59.1 Å². The first-order valence-corrected chi connectivity index (χ1v) is 10.8. The molecule has 0 unspecified atom stereocenters. The van der Waals surface area contributed by atoms with Crippen LogP contribution in [-0.2, 0) is 13.1 Å². The van der Waals surface area contributed by atoms with Gasteiger partial charge in [-0.05, 0) is 56.4 Å². The topological polar surface area (TPSA) is 20.2 Å². The Morgan fingerprint density at radius 1 is 0.964 bits per heavy atom. The Morgan fingerprint density at radius 3 is 2.39 bits per heavy atom. The van der Waals surface area contributed by atoms with Crippen LogP contribution in [0, 0.1) is 0 Å². The molecular formula is C23H29Cl2N3. The number of nitrogens with one attached hydrogen (secondary N) is 1. The molecule has 0 aliphatic carbocycles. The standard InChI is InChI=1S/C23H29Cl2N3/c1-3-27(4-2)14-8-13-26-15-18-16-28(23-12-6-5-9-19(18)23)17-20-21(24)10-7-11-22(20)25/h5-7,9-12,16,26H,3-4,8,13-15,17H2,1-2H3.